The molecule has 0 aliphatic carbocycles. The Morgan fingerprint density at radius 3 is 2.53 bits per heavy atom. The molecule has 15 heavy (non-hydrogen) atoms. The number of aromatic nitrogens is 1. The molecule has 0 saturated carbocycles. The van der Waals surface area contributed by atoms with Gasteiger partial charge in [-0.25, -0.2) is 10.0 Å². The van der Waals surface area contributed by atoms with Crippen molar-refractivity contribution < 1.29 is 9.63 Å². The Labute approximate surface area is 93.8 Å². The zero-order valence-electron chi connectivity index (χ0n) is 9.70. The Morgan fingerprint density at radius 2 is 2.13 bits per heavy atom. The lowest BCUT2D eigenvalue weighted by Gasteiger charge is -2.14. The van der Waals surface area contributed by atoms with Gasteiger partial charge < -0.3 is 0 Å². The fraction of sp³-hybridized carbons (Fsp3) is 0.600. The molecular formula is C10H16N2O2S. The molecule has 1 rings (SSSR count). The molecule has 0 N–H and O–H groups in total. The van der Waals surface area contributed by atoms with Crippen molar-refractivity contribution in [3.8, 4) is 0 Å². The highest BCUT2D eigenvalue weighted by molar-refractivity contribution is 7.13. The van der Waals surface area contributed by atoms with Crippen LogP contribution in [0.15, 0.2) is 6.20 Å². The number of rotatable bonds is 2. The summed E-state index contributed by atoms with van der Waals surface area (Å²) in [6.07, 6.45) is 1.75. The number of amides is 1. The zero-order valence-corrected chi connectivity index (χ0v) is 10.5. The topological polar surface area (TPSA) is 42.4 Å². The number of carbonyl (C=O) groups excluding carboxylic acids is 1. The second-order valence-electron chi connectivity index (χ2n) is 4.26. The van der Waals surface area contributed by atoms with E-state index in [1.165, 1.54) is 23.5 Å². The molecule has 0 aromatic carbocycles. The molecule has 1 amide bonds. The third kappa shape index (κ3) is 2.76. The smallest absolute Gasteiger partial charge is 0.274 e. The van der Waals surface area contributed by atoms with E-state index in [1.54, 1.807) is 13.2 Å². The lowest BCUT2D eigenvalue weighted by atomic mass is 9.96. The predicted octanol–water partition coefficient (Wildman–Crippen LogP) is 2.07. The van der Waals surface area contributed by atoms with E-state index in [4.69, 9.17) is 4.84 Å². The first-order valence-corrected chi connectivity index (χ1v) is 5.46. The van der Waals surface area contributed by atoms with Gasteiger partial charge in [-0.05, 0) is 5.41 Å². The van der Waals surface area contributed by atoms with Gasteiger partial charge in [0.15, 0.2) is 5.01 Å². The first kappa shape index (κ1) is 12.1. The molecule has 0 unspecified atom stereocenters. The van der Waals surface area contributed by atoms with Gasteiger partial charge in [0, 0.05) is 18.1 Å². The van der Waals surface area contributed by atoms with Crippen LogP contribution in [0.2, 0.25) is 0 Å². The molecule has 1 aromatic rings. The van der Waals surface area contributed by atoms with Crippen molar-refractivity contribution in [2.45, 2.75) is 26.2 Å². The third-order valence-corrected chi connectivity index (χ3v) is 3.40. The van der Waals surface area contributed by atoms with E-state index in [1.807, 2.05) is 0 Å². The first-order valence-electron chi connectivity index (χ1n) is 4.64. The van der Waals surface area contributed by atoms with Crippen molar-refractivity contribution in [3.63, 3.8) is 0 Å². The Kier molecular flexibility index (Phi) is 3.46. The molecule has 84 valence electrons. The van der Waals surface area contributed by atoms with Crippen LogP contribution in [0, 0.1) is 0 Å². The lowest BCUT2D eigenvalue weighted by Crippen LogP contribution is -2.25. The molecule has 0 fully saturated rings. The van der Waals surface area contributed by atoms with E-state index in [-0.39, 0.29) is 11.3 Å². The maximum Gasteiger partial charge on any atom is 0.306 e. The van der Waals surface area contributed by atoms with Gasteiger partial charge >= 0.3 is 5.91 Å². The van der Waals surface area contributed by atoms with Crippen LogP contribution in [0.1, 0.15) is 35.5 Å². The molecule has 0 radical (unpaired) electrons. The van der Waals surface area contributed by atoms with Gasteiger partial charge in [0.25, 0.3) is 0 Å². The predicted molar refractivity (Wildman–Crippen MR) is 59.9 cm³/mol. The van der Waals surface area contributed by atoms with Crippen molar-refractivity contribution in [3.05, 3.63) is 16.1 Å². The summed E-state index contributed by atoms with van der Waals surface area (Å²) in [7, 11) is 3.02. The monoisotopic (exact) mass is 228 g/mol. The van der Waals surface area contributed by atoms with Gasteiger partial charge in [0.1, 0.15) is 0 Å². The average molecular weight is 228 g/mol. The molecule has 1 aromatic heterocycles. The van der Waals surface area contributed by atoms with E-state index in [0.717, 1.165) is 4.88 Å². The van der Waals surface area contributed by atoms with Crippen LogP contribution in [0.5, 0.6) is 0 Å². The maximum absolute atomic E-state index is 11.7. The second-order valence-corrected chi connectivity index (χ2v) is 5.30. The van der Waals surface area contributed by atoms with E-state index >= 15 is 0 Å². The van der Waals surface area contributed by atoms with Gasteiger partial charge in [-0.15, -0.1) is 11.3 Å². The van der Waals surface area contributed by atoms with Crippen LogP contribution in [-0.2, 0) is 10.3 Å². The van der Waals surface area contributed by atoms with Crippen molar-refractivity contribution in [2.75, 3.05) is 14.2 Å². The lowest BCUT2D eigenvalue weighted by molar-refractivity contribution is -0.0757. The molecule has 5 heteroatoms. The van der Waals surface area contributed by atoms with Crippen LogP contribution in [0.25, 0.3) is 0 Å². The number of hydroxylamine groups is 2. The van der Waals surface area contributed by atoms with Crippen LogP contribution >= 0.6 is 11.3 Å². The number of nitrogens with zero attached hydrogens (tertiary/aromatic N) is 2. The summed E-state index contributed by atoms with van der Waals surface area (Å²) in [4.78, 5) is 21.7. The van der Waals surface area contributed by atoms with Gasteiger partial charge in [-0.2, -0.15) is 0 Å². The molecule has 0 atom stereocenters. The Balaban J connectivity index is 2.90. The number of carbonyl (C=O) groups is 1. The van der Waals surface area contributed by atoms with Gasteiger partial charge in [0.2, 0.25) is 0 Å². The molecule has 1 heterocycles. The summed E-state index contributed by atoms with van der Waals surface area (Å²) in [5, 5.41) is 1.63. The normalized spacial score (nSPS) is 11.5. The summed E-state index contributed by atoms with van der Waals surface area (Å²) in [5.74, 6) is -0.210. The van der Waals surface area contributed by atoms with Gasteiger partial charge in [0.05, 0.1) is 7.11 Å². The first-order chi connectivity index (χ1) is 6.86. The van der Waals surface area contributed by atoms with Crippen LogP contribution in [-0.4, -0.2) is 30.1 Å². The minimum atomic E-state index is -0.210. The summed E-state index contributed by atoms with van der Waals surface area (Å²) < 4.78 is 0. The Hall–Kier alpha value is -0.940. The molecule has 0 spiro atoms. The minimum absolute atomic E-state index is 0.0296. The summed E-state index contributed by atoms with van der Waals surface area (Å²) in [6.45, 7) is 6.28. The maximum atomic E-state index is 11.7. The summed E-state index contributed by atoms with van der Waals surface area (Å²) in [5.41, 5.74) is 0.0296. The number of hydrogen-bond acceptors (Lipinski definition) is 4. The molecular weight excluding hydrogens is 212 g/mol. The van der Waals surface area contributed by atoms with Crippen molar-refractivity contribution in [2.24, 2.45) is 0 Å². The fourth-order valence-corrected chi connectivity index (χ4v) is 1.88. The number of hydrogen-bond donors (Lipinski definition) is 0. The number of thiazole rings is 1. The quantitative estimate of drug-likeness (QED) is 0.728. The third-order valence-electron chi connectivity index (χ3n) is 1.99. The minimum Gasteiger partial charge on any atom is -0.274 e. The SMILES string of the molecule is CON(C)C(=O)c1ncc(C(C)(C)C)s1. The molecule has 4 nitrogen and oxygen atoms in total. The standard InChI is InChI=1S/C10H16N2O2S/c1-10(2,3)7-6-11-8(15-7)9(13)12(4)14-5/h6H,1-5H3. The highest BCUT2D eigenvalue weighted by Crippen LogP contribution is 2.27. The summed E-state index contributed by atoms with van der Waals surface area (Å²) >= 11 is 1.41. The average Bonchev–Trinajstić information content (AvgIpc) is 2.63. The summed E-state index contributed by atoms with van der Waals surface area (Å²) in [6, 6.07) is 0. The molecule has 0 saturated heterocycles. The van der Waals surface area contributed by atoms with Crippen LogP contribution < -0.4 is 0 Å². The fourth-order valence-electron chi connectivity index (χ4n) is 0.937. The van der Waals surface area contributed by atoms with Gasteiger partial charge in [-0.1, -0.05) is 20.8 Å². The van der Waals surface area contributed by atoms with E-state index in [9.17, 15) is 4.79 Å². The molecule has 0 bridgehead atoms. The Morgan fingerprint density at radius 1 is 1.53 bits per heavy atom. The van der Waals surface area contributed by atoms with Crippen molar-refractivity contribution >= 4 is 17.2 Å². The van der Waals surface area contributed by atoms with E-state index in [2.05, 4.69) is 25.8 Å². The Bertz CT molecular complexity index is 355. The van der Waals surface area contributed by atoms with Crippen LogP contribution in [0.4, 0.5) is 0 Å². The van der Waals surface area contributed by atoms with Crippen molar-refractivity contribution in [1.29, 1.82) is 0 Å². The highest BCUT2D eigenvalue weighted by Gasteiger charge is 2.21. The molecule has 0 aliphatic heterocycles. The highest BCUT2D eigenvalue weighted by atomic mass is 32.1. The van der Waals surface area contributed by atoms with Crippen LogP contribution in [0.3, 0.4) is 0 Å². The zero-order chi connectivity index (χ0) is 11.6. The molecule has 0 aliphatic rings. The second kappa shape index (κ2) is 4.28. The van der Waals surface area contributed by atoms with Crippen molar-refractivity contribution in [1.82, 2.24) is 10.0 Å². The largest absolute Gasteiger partial charge is 0.306 e. The van der Waals surface area contributed by atoms with E-state index in [0.29, 0.717) is 5.01 Å². The van der Waals surface area contributed by atoms with E-state index < -0.39 is 0 Å². The van der Waals surface area contributed by atoms with Gasteiger partial charge in [-0.3, -0.25) is 9.63 Å².